The molecule has 19 heavy (non-hydrogen) atoms. The first-order chi connectivity index (χ1) is 9.31. The molecule has 4 nitrogen and oxygen atoms in total. The molecule has 0 atom stereocenters. The molecule has 3 aromatic rings. The first kappa shape index (κ1) is 10.4. The topological polar surface area (TPSA) is 45.5 Å². The molecule has 1 saturated heterocycles. The fourth-order valence-electron chi connectivity index (χ4n) is 2.55. The van der Waals surface area contributed by atoms with E-state index in [1.165, 1.54) is 0 Å². The first-order valence-electron chi connectivity index (χ1n) is 6.29. The van der Waals surface area contributed by atoms with Crippen LogP contribution in [0.3, 0.4) is 0 Å². The number of carbonyl (C=O) groups is 1. The zero-order valence-corrected chi connectivity index (χ0v) is 10.2. The summed E-state index contributed by atoms with van der Waals surface area (Å²) in [5.41, 5.74) is 5.59. The molecule has 1 aromatic heterocycles. The standard InChI is InChI=1S/C15H12N2O2/c18-15-7-8-17(16-15)10-5-6-14-12(9-10)11-3-1-2-4-13(11)19-14/h1-6,9H,7-8H2,(H,16,18). The summed E-state index contributed by atoms with van der Waals surface area (Å²) in [4.78, 5) is 11.3. The molecule has 0 aliphatic carbocycles. The summed E-state index contributed by atoms with van der Waals surface area (Å²) < 4.78 is 5.79. The predicted molar refractivity (Wildman–Crippen MR) is 73.8 cm³/mol. The van der Waals surface area contributed by atoms with Gasteiger partial charge in [-0.15, -0.1) is 0 Å². The number of fused-ring (bicyclic) bond motifs is 3. The molecule has 1 fully saturated rings. The van der Waals surface area contributed by atoms with E-state index in [-0.39, 0.29) is 5.91 Å². The molecular formula is C15H12N2O2. The maximum absolute atomic E-state index is 11.3. The molecule has 2 heterocycles. The highest BCUT2D eigenvalue weighted by Gasteiger charge is 2.19. The van der Waals surface area contributed by atoms with E-state index in [9.17, 15) is 4.79 Å². The molecule has 1 aliphatic rings. The Hall–Kier alpha value is -2.49. The van der Waals surface area contributed by atoms with E-state index in [4.69, 9.17) is 4.42 Å². The van der Waals surface area contributed by atoms with E-state index in [0.29, 0.717) is 13.0 Å². The molecule has 1 amide bonds. The van der Waals surface area contributed by atoms with Crippen LogP contribution in [0.5, 0.6) is 0 Å². The van der Waals surface area contributed by atoms with Crippen molar-refractivity contribution in [2.45, 2.75) is 6.42 Å². The van der Waals surface area contributed by atoms with Crippen molar-refractivity contribution >= 4 is 33.5 Å². The van der Waals surface area contributed by atoms with Crippen LogP contribution in [0.2, 0.25) is 0 Å². The van der Waals surface area contributed by atoms with E-state index in [1.54, 1.807) is 0 Å². The van der Waals surface area contributed by atoms with Crippen molar-refractivity contribution < 1.29 is 9.21 Å². The molecule has 1 aliphatic heterocycles. The van der Waals surface area contributed by atoms with Crippen LogP contribution >= 0.6 is 0 Å². The van der Waals surface area contributed by atoms with Gasteiger partial charge >= 0.3 is 0 Å². The normalized spacial score (nSPS) is 15.4. The van der Waals surface area contributed by atoms with Gasteiger partial charge in [-0.3, -0.25) is 15.2 Å². The fourth-order valence-corrected chi connectivity index (χ4v) is 2.55. The van der Waals surface area contributed by atoms with Gasteiger partial charge in [-0.05, 0) is 24.3 Å². The van der Waals surface area contributed by atoms with Gasteiger partial charge in [0.1, 0.15) is 11.2 Å². The SMILES string of the molecule is O=C1CCN(c2ccc3oc4ccccc4c3c2)N1. The van der Waals surface area contributed by atoms with E-state index < -0.39 is 0 Å². The third kappa shape index (κ3) is 1.57. The largest absolute Gasteiger partial charge is 0.456 e. The number of hydrogen-bond acceptors (Lipinski definition) is 3. The molecular weight excluding hydrogens is 240 g/mol. The Morgan fingerprint density at radius 2 is 1.89 bits per heavy atom. The van der Waals surface area contributed by atoms with Crippen molar-refractivity contribution in [1.82, 2.24) is 5.43 Å². The Balaban J connectivity index is 1.90. The molecule has 1 N–H and O–H groups in total. The van der Waals surface area contributed by atoms with Gasteiger partial charge in [-0.1, -0.05) is 18.2 Å². The lowest BCUT2D eigenvalue weighted by Gasteiger charge is -2.16. The van der Waals surface area contributed by atoms with Gasteiger partial charge in [0.15, 0.2) is 0 Å². The molecule has 0 radical (unpaired) electrons. The Kier molecular flexibility index (Phi) is 2.06. The van der Waals surface area contributed by atoms with Gasteiger partial charge < -0.3 is 4.42 Å². The van der Waals surface area contributed by atoms with Crippen LogP contribution in [0.1, 0.15) is 6.42 Å². The summed E-state index contributed by atoms with van der Waals surface area (Å²) in [5.74, 6) is 0.0668. The van der Waals surface area contributed by atoms with Crippen LogP contribution in [0.4, 0.5) is 5.69 Å². The third-order valence-corrected chi connectivity index (χ3v) is 3.49. The second-order valence-electron chi connectivity index (χ2n) is 4.72. The number of furan rings is 1. The van der Waals surface area contributed by atoms with Gasteiger partial charge in [-0.25, -0.2) is 0 Å². The highest BCUT2D eigenvalue weighted by atomic mass is 16.3. The summed E-state index contributed by atoms with van der Waals surface area (Å²) in [7, 11) is 0. The van der Waals surface area contributed by atoms with Crippen molar-refractivity contribution in [3.63, 3.8) is 0 Å². The van der Waals surface area contributed by atoms with Crippen LogP contribution in [0, 0.1) is 0 Å². The minimum atomic E-state index is 0.0668. The Morgan fingerprint density at radius 1 is 1.05 bits per heavy atom. The number of rotatable bonds is 1. The summed E-state index contributed by atoms with van der Waals surface area (Å²) in [5, 5.41) is 4.06. The summed E-state index contributed by atoms with van der Waals surface area (Å²) in [6.07, 6.45) is 0.546. The monoisotopic (exact) mass is 252 g/mol. The van der Waals surface area contributed by atoms with Crippen LogP contribution < -0.4 is 10.4 Å². The molecule has 0 spiro atoms. The highest BCUT2D eigenvalue weighted by molar-refractivity contribution is 6.06. The van der Waals surface area contributed by atoms with Crippen LogP contribution in [0.25, 0.3) is 21.9 Å². The number of nitrogens with zero attached hydrogens (tertiary/aromatic N) is 1. The second kappa shape index (κ2) is 3.75. The van der Waals surface area contributed by atoms with Gasteiger partial charge in [0, 0.05) is 23.7 Å². The smallest absolute Gasteiger partial charge is 0.240 e. The molecule has 94 valence electrons. The number of benzene rings is 2. The van der Waals surface area contributed by atoms with Crippen molar-refractivity contribution in [1.29, 1.82) is 0 Å². The minimum Gasteiger partial charge on any atom is -0.456 e. The molecule has 4 heteroatoms. The maximum Gasteiger partial charge on any atom is 0.240 e. The quantitative estimate of drug-likeness (QED) is 0.724. The second-order valence-corrected chi connectivity index (χ2v) is 4.72. The van der Waals surface area contributed by atoms with Crippen molar-refractivity contribution in [3.8, 4) is 0 Å². The van der Waals surface area contributed by atoms with Crippen molar-refractivity contribution in [2.75, 3.05) is 11.6 Å². The van der Waals surface area contributed by atoms with Gasteiger partial charge in [0.25, 0.3) is 0 Å². The first-order valence-corrected chi connectivity index (χ1v) is 6.29. The zero-order chi connectivity index (χ0) is 12.8. The van der Waals surface area contributed by atoms with E-state index in [0.717, 1.165) is 27.6 Å². The maximum atomic E-state index is 11.3. The lowest BCUT2D eigenvalue weighted by Crippen LogP contribution is -2.32. The van der Waals surface area contributed by atoms with E-state index >= 15 is 0 Å². The number of hydrogen-bond donors (Lipinski definition) is 1. The Bertz CT molecular complexity index is 791. The summed E-state index contributed by atoms with van der Waals surface area (Å²) >= 11 is 0. The van der Waals surface area contributed by atoms with Gasteiger partial charge in [-0.2, -0.15) is 0 Å². The summed E-state index contributed by atoms with van der Waals surface area (Å²) in [6, 6.07) is 14.0. The van der Waals surface area contributed by atoms with Crippen molar-refractivity contribution in [3.05, 3.63) is 42.5 Å². The molecule has 2 aromatic carbocycles. The summed E-state index contributed by atoms with van der Waals surface area (Å²) in [6.45, 7) is 0.708. The van der Waals surface area contributed by atoms with Gasteiger partial charge in [0.2, 0.25) is 5.91 Å². The average Bonchev–Trinajstić information content (AvgIpc) is 3.01. The lowest BCUT2D eigenvalue weighted by atomic mass is 10.1. The number of amides is 1. The Morgan fingerprint density at radius 3 is 2.74 bits per heavy atom. The number of para-hydroxylation sites is 1. The third-order valence-electron chi connectivity index (χ3n) is 3.49. The number of nitrogens with one attached hydrogen (secondary N) is 1. The fraction of sp³-hybridized carbons (Fsp3) is 0.133. The van der Waals surface area contributed by atoms with E-state index in [1.807, 2.05) is 41.4 Å². The van der Waals surface area contributed by atoms with Crippen LogP contribution in [-0.2, 0) is 4.79 Å². The Labute approximate surface area is 109 Å². The van der Waals surface area contributed by atoms with Crippen molar-refractivity contribution in [2.24, 2.45) is 0 Å². The lowest BCUT2D eigenvalue weighted by molar-refractivity contribution is -0.119. The molecule has 0 bridgehead atoms. The van der Waals surface area contributed by atoms with E-state index in [2.05, 4.69) is 11.5 Å². The molecule has 0 saturated carbocycles. The highest BCUT2D eigenvalue weighted by Crippen LogP contribution is 2.31. The van der Waals surface area contributed by atoms with Crippen LogP contribution in [0.15, 0.2) is 46.9 Å². The number of carbonyl (C=O) groups excluding carboxylic acids is 1. The van der Waals surface area contributed by atoms with Crippen LogP contribution in [-0.4, -0.2) is 12.5 Å². The van der Waals surface area contributed by atoms with Gasteiger partial charge in [0.05, 0.1) is 5.69 Å². The number of anilines is 1. The molecule has 4 rings (SSSR count). The zero-order valence-electron chi connectivity index (χ0n) is 10.2. The minimum absolute atomic E-state index is 0.0668. The number of hydrazine groups is 1. The predicted octanol–water partition coefficient (Wildman–Crippen LogP) is 2.83. The average molecular weight is 252 g/mol. The molecule has 0 unspecified atom stereocenters.